The summed E-state index contributed by atoms with van der Waals surface area (Å²) in [4.78, 5) is 39.5. The number of para-hydroxylation sites is 1. The number of aromatic nitrogens is 6. The van der Waals surface area contributed by atoms with E-state index < -0.39 is 23.3 Å². The van der Waals surface area contributed by atoms with Crippen LogP contribution in [0.3, 0.4) is 0 Å². The Morgan fingerprint density at radius 2 is 1.88 bits per heavy atom. The molecule has 208 valence electrons. The van der Waals surface area contributed by atoms with Crippen molar-refractivity contribution in [2.45, 2.75) is 37.8 Å². The van der Waals surface area contributed by atoms with Crippen LogP contribution in [0.4, 0.5) is 13.2 Å². The number of carbonyl (C=O) groups is 2. The number of likely N-dealkylation sites (tertiary alicyclic amines) is 1. The van der Waals surface area contributed by atoms with Gasteiger partial charge in [-0.05, 0) is 31.4 Å². The summed E-state index contributed by atoms with van der Waals surface area (Å²) in [6.45, 7) is 1.06. The van der Waals surface area contributed by atoms with Crippen LogP contribution in [0.1, 0.15) is 53.5 Å². The minimum atomic E-state index is -4.80. The second-order valence-corrected chi connectivity index (χ2v) is 9.23. The minimum absolute atomic E-state index is 0.0147. The van der Waals surface area contributed by atoms with Gasteiger partial charge in [-0.3, -0.25) is 14.6 Å². The zero-order valence-electron chi connectivity index (χ0n) is 21.2. The molecule has 1 saturated heterocycles. The van der Waals surface area contributed by atoms with Gasteiger partial charge < -0.3 is 14.7 Å². The summed E-state index contributed by atoms with van der Waals surface area (Å²) in [6, 6.07) is 8.21. The van der Waals surface area contributed by atoms with Crippen molar-refractivity contribution in [1.82, 2.24) is 40.1 Å². The number of amides is 2. The van der Waals surface area contributed by atoms with Crippen molar-refractivity contribution < 1.29 is 27.3 Å². The molecule has 0 saturated carbocycles. The van der Waals surface area contributed by atoms with Crippen molar-refractivity contribution in [2.75, 3.05) is 19.6 Å². The van der Waals surface area contributed by atoms with Gasteiger partial charge in [-0.2, -0.15) is 23.3 Å². The highest BCUT2D eigenvalue weighted by molar-refractivity contribution is 5.95. The molecule has 4 heterocycles. The van der Waals surface area contributed by atoms with Crippen LogP contribution < -0.4 is 5.32 Å². The lowest BCUT2D eigenvalue weighted by Crippen LogP contribution is -2.38. The van der Waals surface area contributed by atoms with Crippen LogP contribution >= 0.6 is 0 Å². The maximum Gasteiger partial charge on any atom is 0.435 e. The topological polar surface area (TPSA) is 132 Å². The minimum Gasteiger partial charge on any atom is -0.352 e. The largest absolute Gasteiger partial charge is 0.435 e. The Bertz CT molecular complexity index is 1450. The fourth-order valence-electron chi connectivity index (χ4n) is 4.45. The molecule has 0 aliphatic carbocycles. The standard InChI is InChI=1S/C26H25F3N8O3/c27-26(28,29)22-19(16-37(34-22)18-5-2-1-3-6-18)24(39)32-10-4-7-21(38)36-13-8-17(9-14-36)25-33-23(35-40-25)20-15-30-11-12-31-20/h1-3,5-6,11-12,15-17H,4,7-10,13-14H2,(H,32,39). The zero-order chi connectivity index (χ0) is 28.1. The summed E-state index contributed by atoms with van der Waals surface area (Å²) in [7, 11) is 0. The third kappa shape index (κ3) is 6.16. The molecule has 1 aliphatic heterocycles. The molecule has 1 aliphatic rings. The Kier molecular flexibility index (Phi) is 7.84. The molecule has 1 N–H and O–H groups in total. The molecule has 40 heavy (non-hydrogen) atoms. The van der Waals surface area contributed by atoms with E-state index in [1.165, 1.54) is 0 Å². The average Bonchev–Trinajstić information content (AvgIpc) is 3.65. The lowest BCUT2D eigenvalue weighted by atomic mass is 9.96. The first-order valence-corrected chi connectivity index (χ1v) is 12.7. The molecule has 0 atom stereocenters. The molecule has 0 unspecified atom stereocenters. The van der Waals surface area contributed by atoms with Crippen molar-refractivity contribution in [3.8, 4) is 17.2 Å². The van der Waals surface area contributed by atoms with E-state index in [0.29, 0.717) is 49.0 Å². The molecule has 14 heteroatoms. The average molecular weight is 555 g/mol. The predicted molar refractivity (Wildman–Crippen MR) is 134 cm³/mol. The molecule has 3 aromatic heterocycles. The van der Waals surface area contributed by atoms with Gasteiger partial charge in [0.1, 0.15) is 5.69 Å². The second-order valence-electron chi connectivity index (χ2n) is 9.23. The number of halogens is 3. The molecular weight excluding hydrogens is 529 g/mol. The van der Waals surface area contributed by atoms with Crippen LogP contribution in [0, 0.1) is 0 Å². The lowest BCUT2D eigenvalue weighted by Gasteiger charge is -2.30. The molecule has 0 radical (unpaired) electrons. The van der Waals surface area contributed by atoms with Gasteiger partial charge in [0.15, 0.2) is 5.69 Å². The molecular formula is C26H25F3N8O3. The fourth-order valence-corrected chi connectivity index (χ4v) is 4.45. The van der Waals surface area contributed by atoms with Crippen molar-refractivity contribution >= 4 is 11.8 Å². The van der Waals surface area contributed by atoms with E-state index in [1.54, 1.807) is 53.8 Å². The number of piperidine rings is 1. The van der Waals surface area contributed by atoms with Crippen molar-refractivity contribution in [3.05, 3.63) is 72.3 Å². The highest BCUT2D eigenvalue weighted by Crippen LogP contribution is 2.31. The molecule has 1 aromatic carbocycles. The first-order chi connectivity index (χ1) is 19.3. The summed E-state index contributed by atoms with van der Waals surface area (Å²) >= 11 is 0. The monoisotopic (exact) mass is 554 g/mol. The highest BCUT2D eigenvalue weighted by atomic mass is 19.4. The summed E-state index contributed by atoms with van der Waals surface area (Å²) in [5.41, 5.74) is -0.936. The Morgan fingerprint density at radius 3 is 2.58 bits per heavy atom. The van der Waals surface area contributed by atoms with E-state index >= 15 is 0 Å². The Labute approximate surface area is 226 Å². The molecule has 1 fully saturated rings. The third-order valence-corrected chi connectivity index (χ3v) is 6.53. The number of rotatable bonds is 8. The molecule has 5 rings (SSSR count). The lowest BCUT2D eigenvalue weighted by molar-refractivity contribution is -0.141. The van der Waals surface area contributed by atoms with E-state index in [9.17, 15) is 22.8 Å². The zero-order valence-corrected chi connectivity index (χ0v) is 21.2. The maximum atomic E-state index is 13.5. The highest BCUT2D eigenvalue weighted by Gasteiger charge is 2.39. The van der Waals surface area contributed by atoms with Gasteiger partial charge in [-0.25, -0.2) is 9.67 Å². The van der Waals surface area contributed by atoms with Gasteiger partial charge in [0.25, 0.3) is 5.91 Å². The number of carbonyl (C=O) groups excluding carboxylic acids is 2. The van der Waals surface area contributed by atoms with Crippen LogP contribution in [0.15, 0.2) is 59.6 Å². The summed E-state index contributed by atoms with van der Waals surface area (Å²) in [5.74, 6) is -0.127. The van der Waals surface area contributed by atoms with Gasteiger partial charge in [-0.1, -0.05) is 23.4 Å². The van der Waals surface area contributed by atoms with E-state index in [0.717, 1.165) is 10.9 Å². The van der Waals surface area contributed by atoms with Crippen molar-refractivity contribution in [3.63, 3.8) is 0 Å². The molecule has 4 aromatic rings. The summed E-state index contributed by atoms with van der Waals surface area (Å²) < 4.78 is 47.0. The fraction of sp³-hybridized carbons (Fsp3) is 0.346. The van der Waals surface area contributed by atoms with Crippen LogP contribution in [0.2, 0.25) is 0 Å². The van der Waals surface area contributed by atoms with E-state index in [2.05, 4.69) is 30.5 Å². The number of alkyl halides is 3. The van der Waals surface area contributed by atoms with E-state index in [-0.39, 0.29) is 31.2 Å². The molecule has 0 bridgehead atoms. The third-order valence-electron chi connectivity index (χ3n) is 6.53. The molecule has 11 nitrogen and oxygen atoms in total. The van der Waals surface area contributed by atoms with Gasteiger partial charge >= 0.3 is 6.18 Å². The van der Waals surface area contributed by atoms with Crippen molar-refractivity contribution in [1.29, 1.82) is 0 Å². The van der Waals surface area contributed by atoms with Gasteiger partial charge in [0.05, 0.1) is 17.4 Å². The number of hydrogen-bond donors (Lipinski definition) is 1. The van der Waals surface area contributed by atoms with Gasteiger partial charge in [0, 0.05) is 50.6 Å². The van der Waals surface area contributed by atoms with Crippen LogP contribution in [0.5, 0.6) is 0 Å². The second kappa shape index (κ2) is 11.6. The van der Waals surface area contributed by atoms with E-state index in [4.69, 9.17) is 4.52 Å². The number of hydrogen-bond acceptors (Lipinski definition) is 8. The summed E-state index contributed by atoms with van der Waals surface area (Å²) in [5, 5.41) is 10.0. The normalized spacial score (nSPS) is 14.3. The summed E-state index contributed by atoms with van der Waals surface area (Å²) in [6.07, 6.45) is 2.63. The number of nitrogens with one attached hydrogen (secondary N) is 1. The Balaban J connectivity index is 1.09. The van der Waals surface area contributed by atoms with Crippen LogP contribution in [-0.4, -0.2) is 66.2 Å². The quantitative estimate of drug-likeness (QED) is 0.327. The number of nitrogens with zero attached hydrogens (tertiary/aromatic N) is 7. The predicted octanol–water partition coefficient (Wildman–Crippen LogP) is 3.65. The molecule has 2 amide bonds. The number of benzene rings is 1. The first-order valence-electron chi connectivity index (χ1n) is 12.7. The smallest absolute Gasteiger partial charge is 0.352 e. The van der Waals surface area contributed by atoms with Gasteiger partial charge in [0.2, 0.25) is 17.6 Å². The molecule has 0 spiro atoms. The van der Waals surface area contributed by atoms with Gasteiger partial charge in [-0.15, -0.1) is 0 Å². The van der Waals surface area contributed by atoms with Crippen LogP contribution in [-0.2, 0) is 11.0 Å². The SMILES string of the molecule is O=C(NCCCC(=O)N1CCC(c2nc(-c3cnccn3)no2)CC1)c1cn(-c2ccccc2)nc1C(F)(F)F. The van der Waals surface area contributed by atoms with Crippen molar-refractivity contribution in [2.24, 2.45) is 0 Å². The van der Waals surface area contributed by atoms with E-state index in [1.807, 2.05) is 0 Å². The Morgan fingerprint density at radius 1 is 1.10 bits per heavy atom. The Hall–Kier alpha value is -4.62. The maximum absolute atomic E-state index is 13.5. The van der Waals surface area contributed by atoms with Crippen LogP contribution in [0.25, 0.3) is 17.2 Å². The first kappa shape index (κ1) is 27.0.